The molecule has 0 saturated heterocycles. The molecular formula is C12H17N5. The van der Waals surface area contributed by atoms with E-state index in [1.807, 2.05) is 31.7 Å². The second-order valence-electron chi connectivity index (χ2n) is 4.33. The molecular weight excluding hydrogens is 214 g/mol. The van der Waals surface area contributed by atoms with Gasteiger partial charge in [0.2, 0.25) is 0 Å². The molecule has 0 saturated carbocycles. The van der Waals surface area contributed by atoms with Gasteiger partial charge >= 0.3 is 0 Å². The van der Waals surface area contributed by atoms with Gasteiger partial charge in [-0.25, -0.2) is 9.97 Å². The predicted molar refractivity (Wildman–Crippen MR) is 66.2 cm³/mol. The number of rotatable bonds is 4. The third-order valence-electron chi connectivity index (χ3n) is 2.36. The monoisotopic (exact) mass is 231 g/mol. The number of hydrogen-bond acceptors (Lipinski definition) is 4. The molecule has 0 fully saturated rings. The van der Waals surface area contributed by atoms with E-state index < -0.39 is 0 Å². The minimum atomic E-state index is 0.463. The van der Waals surface area contributed by atoms with Crippen LogP contribution in [0.15, 0.2) is 24.7 Å². The zero-order chi connectivity index (χ0) is 12.3. The van der Waals surface area contributed by atoms with E-state index in [2.05, 4.69) is 34.2 Å². The Kier molecular flexibility index (Phi) is 3.49. The molecule has 0 aliphatic heterocycles. The van der Waals surface area contributed by atoms with Gasteiger partial charge in [-0.2, -0.15) is 5.10 Å². The summed E-state index contributed by atoms with van der Waals surface area (Å²) < 4.78 is 1.74. The number of aromatic nitrogens is 4. The summed E-state index contributed by atoms with van der Waals surface area (Å²) in [6, 6.07) is 2.37. The van der Waals surface area contributed by atoms with Gasteiger partial charge in [0.1, 0.15) is 5.69 Å². The van der Waals surface area contributed by atoms with Crippen LogP contribution < -0.4 is 5.32 Å². The van der Waals surface area contributed by atoms with Crippen molar-refractivity contribution in [3.8, 4) is 11.5 Å². The second kappa shape index (κ2) is 5.05. The largest absolute Gasteiger partial charge is 0.310 e. The first-order valence-corrected chi connectivity index (χ1v) is 5.69. The van der Waals surface area contributed by atoms with Crippen molar-refractivity contribution in [2.45, 2.75) is 26.4 Å². The third kappa shape index (κ3) is 3.10. The van der Waals surface area contributed by atoms with Crippen molar-refractivity contribution in [2.24, 2.45) is 7.05 Å². The van der Waals surface area contributed by atoms with Gasteiger partial charge in [0.15, 0.2) is 5.82 Å². The van der Waals surface area contributed by atoms with Crippen molar-refractivity contribution in [1.29, 1.82) is 0 Å². The Balaban J connectivity index is 2.07. The molecule has 0 aromatic carbocycles. The van der Waals surface area contributed by atoms with Crippen molar-refractivity contribution >= 4 is 0 Å². The second-order valence-corrected chi connectivity index (χ2v) is 4.33. The summed E-state index contributed by atoms with van der Waals surface area (Å²) in [5.74, 6) is 0.666. The van der Waals surface area contributed by atoms with Gasteiger partial charge in [0.05, 0.1) is 0 Å². The first kappa shape index (κ1) is 11.7. The molecule has 2 aromatic heterocycles. The number of aryl methyl sites for hydroxylation is 1. The highest BCUT2D eigenvalue weighted by atomic mass is 15.3. The number of nitrogens with one attached hydrogen (secondary N) is 1. The van der Waals surface area contributed by atoms with E-state index in [-0.39, 0.29) is 0 Å². The van der Waals surface area contributed by atoms with E-state index in [0.29, 0.717) is 11.9 Å². The fourth-order valence-electron chi connectivity index (χ4n) is 1.43. The van der Waals surface area contributed by atoms with Gasteiger partial charge in [-0.1, -0.05) is 13.8 Å². The van der Waals surface area contributed by atoms with E-state index in [4.69, 9.17) is 0 Å². The molecule has 17 heavy (non-hydrogen) atoms. The van der Waals surface area contributed by atoms with Crippen LogP contribution in [0.3, 0.4) is 0 Å². The average Bonchev–Trinajstić information content (AvgIpc) is 2.74. The highest BCUT2D eigenvalue weighted by Crippen LogP contribution is 2.10. The summed E-state index contributed by atoms with van der Waals surface area (Å²) in [4.78, 5) is 8.63. The minimum Gasteiger partial charge on any atom is -0.310 e. The van der Waals surface area contributed by atoms with Crippen molar-refractivity contribution in [3.63, 3.8) is 0 Å². The Morgan fingerprint density at radius 1 is 1.29 bits per heavy atom. The highest BCUT2D eigenvalue weighted by molar-refractivity contribution is 5.47. The Labute approximate surface area is 101 Å². The molecule has 5 nitrogen and oxygen atoms in total. The van der Waals surface area contributed by atoms with Crippen LogP contribution in [-0.2, 0) is 13.6 Å². The maximum Gasteiger partial charge on any atom is 0.180 e. The molecule has 1 N–H and O–H groups in total. The van der Waals surface area contributed by atoms with Gasteiger partial charge in [-0.05, 0) is 6.07 Å². The Hall–Kier alpha value is -1.75. The van der Waals surface area contributed by atoms with Crippen molar-refractivity contribution in [2.75, 3.05) is 0 Å². The summed E-state index contributed by atoms with van der Waals surface area (Å²) in [5.41, 5.74) is 1.88. The fourth-order valence-corrected chi connectivity index (χ4v) is 1.43. The zero-order valence-electron chi connectivity index (χ0n) is 10.4. The van der Waals surface area contributed by atoms with Crippen molar-refractivity contribution in [3.05, 3.63) is 30.2 Å². The smallest absolute Gasteiger partial charge is 0.180 e. The normalized spacial score (nSPS) is 11.1. The first-order chi connectivity index (χ1) is 8.15. The topological polar surface area (TPSA) is 55.6 Å². The lowest BCUT2D eigenvalue weighted by Crippen LogP contribution is -2.21. The summed E-state index contributed by atoms with van der Waals surface area (Å²) in [5, 5.41) is 7.59. The minimum absolute atomic E-state index is 0.463. The van der Waals surface area contributed by atoms with Gasteiger partial charge in [-0.3, -0.25) is 4.68 Å². The van der Waals surface area contributed by atoms with E-state index in [9.17, 15) is 0 Å². The van der Waals surface area contributed by atoms with Gasteiger partial charge in [-0.15, -0.1) is 0 Å². The van der Waals surface area contributed by atoms with Crippen molar-refractivity contribution in [1.82, 2.24) is 25.1 Å². The Morgan fingerprint density at radius 3 is 2.53 bits per heavy atom. The molecule has 0 spiro atoms. The molecule has 2 rings (SSSR count). The molecule has 0 bridgehead atoms. The lowest BCUT2D eigenvalue weighted by Gasteiger charge is -2.07. The Morgan fingerprint density at radius 2 is 2.00 bits per heavy atom. The zero-order valence-corrected chi connectivity index (χ0v) is 10.4. The molecule has 2 aromatic rings. The van der Waals surface area contributed by atoms with Crippen LogP contribution in [0.2, 0.25) is 0 Å². The highest BCUT2D eigenvalue weighted by Gasteiger charge is 2.04. The number of nitrogens with zero attached hydrogens (tertiary/aromatic N) is 4. The lowest BCUT2D eigenvalue weighted by molar-refractivity contribution is 0.587. The third-order valence-corrected chi connectivity index (χ3v) is 2.36. The molecule has 0 atom stereocenters. The predicted octanol–water partition coefficient (Wildman–Crippen LogP) is 1.38. The summed E-state index contributed by atoms with van der Waals surface area (Å²) in [6.07, 6.45) is 5.56. The molecule has 90 valence electrons. The van der Waals surface area contributed by atoms with Crippen LogP contribution in [0, 0.1) is 0 Å². The summed E-state index contributed by atoms with van der Waals surface area (Å²) >= 11 is 0. The van der Waals surface area contributed by atoms with Crippen LogP contribution in [-0.4, -0.2) is 25.8 Å². The molecule has 0 aliphatic carbocycles. The van der Waals surface area contributed by atoms with Crippen LogP contribution >= 0.6 is 0 Å². The molecule has 0 unspecified atom stereocenters. The SMILES string of the molecule is CC(C)NCc1cnc(-c2ccn(C)n2)nc1. The maximum atomic E-state index is 4.31. The first-order valence-electron chi connectivity index (χ1n) is 5.69. The van der Waals surface area contributed by atoms with Crippen LogP contribution in [0.4, 0.5) is 0 Å². The molecule has 0 amide bonds. The van der Waals surface area contributed by atoms with E-state index in [0.717, 1.165) is 17.8 Å². The van der Waals surface area contributed by atoms with Crippen LogP contribution in [0.25, 0.3) is 11.5 Å². The molecule has 0 radical (unpaired) electrons. The average molecular weight is 231 g/mol. The molecule has 2 heterocycles. The van der Waals surface area contributed by atoms with Crippen molar-refractivity contribution < 1.29 is 0 Å². The maximum absolute atomic E-state index is 4.31. The number of hydrogen-bond donors (Lipinski definition) is 1. The van der Waals surface area contributed by atoms with Crippen LogP contribution in [0.1, 0.15) is 19.4 Å². The quantitative estimate of drug-likeness (QED) is 0.863. The van der Waals surface area contributed by atoms with Gasteiger partial charge in [0.25, 0.3) is 0 Å². The van der Waals surface area contributed by atoms with E-state index in [1.54, 1.807) is 4.68 Å². The Bertz CT molecular complexity index is 472. The lowest BCUT2D eigenvalue weighted by atomic mass is 10.3. The molecule has 0 aliphatic rings. The van der Waals surface area contributed by atoms with Crippen LogP contribution in [0.5, 0.6) is 0 Å². The summed E-state index contributed by atoms with van der Waals surface area (Å²) in [7, 11) is 1.88. The van der Waals surface area contributed by atoms with Gasteiger partial charge in [0, 0.05) is 43.8 Å². The standard InChI is InChI=1S/C12H17N5/c1-9(2)13-6-10-7-14-12(15-8-10)11-4-5-17(3)16-11/h4-5,7-9,13H,6H2,1-3H3. The summed E-state index contributed by atoms with van der Waals surface area (Å²) in [6.45, 7) is 5.02. The van der Waals surface area contributed by atoms with Gasteiger partial charge < -0.3 is 5.32 Å². The van der Waals surface area contributed by atoms with E-state index in [1.165, 1.54) is 0 Å². The fraction of sp³-hybridized carbons (Fsp3) is 0.417. The van der Waals surface area contributed by atoms with E-state index >= 15 is 0 Å². The molecule has 5 heteroatoms.